The van der Waals surface area contributed by atoms with Gasteiger partial charge in [-0.15, -0.1) is 11.8 Å². The van der Waals surface area contributed by atoms with E-state index in [-0.39, 0.29) is 5.56 Å². The molecule has 1 nitrogen and oxygen atoms in total. The van der Waals surface area contributed by atoms with Gasteiger partial charge in [0.05, 0.1) is 0 Å². The minimum Gasteiger partial charge on any atom is -0.379 e. The summed E-state index contributed by atoms with van der Waals surface area (Å²) in [5, 5.41) is 8.89. The highest BCUT2D eigenvalue weighted by molar-refractivity contribution is 7.98. The number of hydrogen-bond donors (Lipinski definition) is 1. The van der Waals surface area contributed by atoms with Crippen LogP contribution in [0.4, 0.5) is 13.2 Å². The molecule has 0 aliphatic rings. The fourth-order valence-corrected chi connectivity index (χ4v) is 1.38. The van der Waals surface area contributed by atoms with Crippen LogP contribution in [0, 0.1) is 0 Å². The Morgan fingerprint density at radius 2 is 1.71 bits per heavy atom. The molecule has 0 heterocycles. The lowest BCUT2D eigenvalue weighted by atomic mass is 10.1. The average molecular weight is 222 g/mol. The topological polar surface area (TPSA) is 20.2 Å². The van der Waals surface area contributed by atoms with Gasteiger partial charge in [-0.2, -0.15) is 13.2 Å². The Balaban J connectivity index is 2.87. The van der Waals surface area contributed by atoms with Crippen LogP contribution in [0.5, 0.6) is 0 Å². The third kappa shape index (κ3) is 2.65. The Morgan fingerprint density at radius 1 is 1.21 bits per heavy atom. The highest BCUT2D eigenvalue weighted by Crippen LogP contribution is 2.32. The maximum atomic E-state index is 12.1. The lowest BCUT2D eigenvalue weighted by molar-refractivity contribution is -0.206. The lowest BCUT2D eigenvalue weighted by Gasteiger charge is -2.14. The minimum atomic E-state index is -4.60. The van der Waals surface area contributed by atoms with Crippen molar-refractivity contribution >= 4 is 11.8 Å². The second-order valence-corrected chi connectivity index (χ2v) is 3.60. The van der Waals surface area contributed by atoms with Gasteiger partial charge in [-0.05, 0) is 24.0 Å². The molecule has 1 aromatic carbocycles. The van der Waals surface area contributed by atoms with Crippen LogP contribution in [-0.2, 0) is 0 Å². The van der Waals surface area contributed by atoms with E-state index < -0.39 is 12.3 Å². The molecule has 0 amide bonds. The van der Waals surface area contributed by atoms with Crippen LogP contribution in [0.3, 0.4) is 0 Å². The molecule has 0 aliphatic heterocycles. The van der Waals surface area contributed by atoms with Gasteiger partial charge in [-0.3, -0.25) is 0 Å². The van der Waals surface area contributed by atoms with E-state index in [9.17, 15) is 13.2 Å². The van der Waals surface area contributed by atoms with Crippen LogP contribution in [0.25, 0.3) is 0 Å². The van der Waals surface area contributed by atoms with Crippen LogP contribution >= 0.6 is 11.8 Å². The molecule has 1 N–H and O–H groups in total. The third-order valence-corrected chi connectivity index (χ3v) is 2.49. The molecule has 1 unspecified atom stereocenters. The molecule has 0 aromatic heterocycles. The summed E-state index contributed by atoms with van der Waals surface area (Å²) < 4.78 is 36.2. The SMILES string of the molecule is CSc1ccc(C(O)C(F)(F)F)cc1. The molecule has 1 rings (SSSR count). The van der Waals surface area contributed by atoms with Crippen molar-refractivity contribution in [3.05, 3.63) is 29.8 Å². The third-order valence-electron chi connectivity index (χ3n) is 1.74. The summed E-state index contributed by atoms with van der Waals surface area (Å²) in [6.07, 6.45) is -5.16. The highest BCUT2D eigenvalue weighted by atomic mass is 32.2. The normalized spacial score (nSPS) is 14.1. The van der Waals surface area contributed by atoms with Crippen LogP contribution in [0.15, 0.2) is 29.2 Å². The fraction of sp³-hybridized carbons (Fsp3) is 0.333. The van der Waals surface area contributed by atoms with Crippen molar-refractivity contribution in [1.82, 2.24) is 0 Å². The van der Waals surface area contributed by atoms with Crippen molar-refractivity contribution in [2.24, 2.45) is 0 Å². The zero-order valence-corrected chi connectivity index (χ0v) is 8.19. The van der Waals surface area contributed by atoms with Gasteiger partial charge in [-0.25, -0.2) is 0 Å². The first-order valence-electron chi connectivity index (χ1n) is 3.84. The van der Waals surface area contributed by atoms with Crippen LogP contribution in [0.1, 0.15) is 11.7 Å². The molecule has 0 saturated heterocycles. The van der Waals surface area contributed by atoms with Gasteiger partial charge < -0.3 is 5.11 Å². The Morgan fingerprint density at radius 3 is 2.07 bits per heavy atom. The largest absolute Gasteiger partial charge is 0.418 e. The maximum Gasteiger partial charge on any atom is 0.418 e. The maximum absolute atomic E-state index is 12.1. The Bertz CT molecular complexity index is 294. The summed E-state index contributed by atoms with van der Waals surface area (Å²) in [7, 11) is 0. The standard InChI is InChI=1S/C9H9F3OS/c1-14-7-4-2-6(3-5-7)8(13)9(10,11)12/h2-5,8,13H,1H3. The summed E-state index contributed by atoms with van der Waals surface area (Å²) in [4.78, 5) is 0.864. The number of aliphatic hydroxyl groups excluding tert-OH is 1. The fourth-order valence-electron chi connectivity index (χ4n) is 0.975. The summed E-state index contributed by atoms with van der Waals surface area (Å²) in [6, 6.07) is 5.66. The van der Waals surface area contributed by atoms with Crippen LogP contribution in [-0.4, -0.2) is 17.5 Å². The summed E-state index contributed by atoms with van der Waals surface area (Å²) >= 11 is 1.43. The smallest absolute Gasteiger partial charge is 0.379 e. The summed E-state index contributed by atoms with van der Waals surface area (Å²) in [6.45, 7) is 0. The van der Waals surface area contributed by atoms with Crippen molar-refractivity contribution in [2.45, 2.75) is 17.2 Å². The van der Waals surface area contributed by atoms with E-state index in [0.717, 1.165) is 4.90 Å². The molecule has 14 heavy (non-hydrogen) atoms. The van der Waals surface area contributed by atoms with E-state index in [4.69, 9.17) is 5.11 Å². The van der Waals surface area contributed by atoms with E-state index >= 15 is 0 Å². The van der Waals surface area contributed by atoms with Crippen molar-refractivity contribution in [3.8, 4) is 0 Å². The zero-order valence-electron chi connectivity index (χ0n) is 7.38. The first kappa shape index (κ1) is 11.4. The quantitative estimate of drug-likeness (QED) is 0.776. The molecule has 1 aromatic rings. The molecular weight excluding hydrogens is 213 g/mol. The van der Waals surface area contributed by atoms with Gasteiger partial charge in [-0.1, -0.05) is 12.1 Å². The molecule has 0 saturated carbocycles. The monoisotopic (exact) mass is 222 g/mol. The average Bonchev–Trinajstić information content (AvgIpc) is 2.15. The van der Waals surface area contributed by atoms with Crippen molar-refractivity contribution in [2.75, 3.05) is 6.26 Å². The van der Waals surface area contributed by atoms with Gasteiger partial charge in [0, 0.05) is 4.90 Å². The molecule has 0 bridgehead atoms. The van der Waals surface area contributed by atoms with Crippen LogP contribution < -0.4 is 0 Å². The van der Waals surface area contributed by atoms with Gasteiger partial charge in [0.25, 0.3) is 0 Å². The van der Waals surface area contributed by atoms with E-state index in [1.165, 1.54) is 23.9 Å². The number of halogens is 3. The van der Waals surface area contributed by atoms with Crippen molar-refractivity contribution in [3.63, 3.8) is 0 Å². The van der Waals surface area contributed by atoms with Gasteiger partial charge in [0.15, 0.2) is 6.10 Å². The first-order chi connectivity index (χ1) is 6.45. The van der Waals surface area contributed by atoms with E-state index in [1.54, 1.807) is 12.1 Å². The minimum absolute atomic E-state index is 0.129. The Kier molecular flexibility index (Phi) is 3.44. The van der Waals surface area contributed by atoms with E-state index in [2.05, 4.69) is 0 Å². The lowest BCUT2D eigenvalue weighted by Crippen LogP contribution is -2.19. The number of thioether (sulfide) groups is 1. The van der Waals surface area contributed by atoms with Crippen molar-refractivity contribution < 1.29 is 18.3 Å². The molecule has 0 fully saturated rings. The number of hydrogen-bond acceptors (Lipinski definition) is 2. The highest BCUT2D eigenvalue weighted by Gasteiger charge is 2.39. The number of aliphatic hydroxyl groups is 1. The summed E-state index contributed by atoms with van der Waals surface area (Å²) in [5.41, 5.74) is -0.129. The predicted octanol–water partition coefficient (Wildman–Crippen LogP) is 3.00. The zero-order chi connectivity index (χ0) is 10.8. The Hall–Kier alpha value is -0.680. The molecule has 1 atom stereocenters. The van der Waals surface area contributed by atoms with E-state index in [0.29, 0.717) is 0 Å². The molecule has 78 valence electrons. The van der Waals surface area contributed by atoms with Gasteiger partial charge >= 0.3 is 6.18 Å². The summed E-state index contributed by atoms with van der Waals surface area (Å²) in [5.74, 6) is 0. The van der Waals surface area contributed by atoms with E-state index in [1.807, 2.05) is 6.26 Å². The second-order valence-electron chi connectivity index (χ2n) is 2.72. The number of rotatable bonds is 2. The molecule has 0 spiro atoms. The first-order valence-corrected chi connectivity index (χ1v) is 5.06. The van der Waals surface area contributed by atoms with Gasteiger partial charge in [0.1, 0.15) is 0 Å². The second kappa shape index (κ2) is 4.23. The van der Waals surface area contributed by atoms with Crippen LogP contribution in [0.2, 0.25) is 0 Å². The predicted molar refractivity (Wildman–Crippen MR) is 49.2 cm³/mol. The number of alkyl halides is 3. The molecule has 0 aliphatic carbocycles. The van der Waals surface area contributed by atoms with Gasteiger partial charge in [0.2, 0.25) is 0 Å². The van der Waals surface area contributed by atoms with Crippen molar-refractivity contribution in [1.29, 1.82) is 0 Å². The molecular formula is C9H9F3OS. The Labute approximate surface area is 83.9 Å². The molecule has 5 heteroatoms. The number of benzene rings is 1. The molecule has 0 radical (unpaired) electrons.